The van der Waals surface area contributed by atoms with Crippen molar-refractivity contribution in [3.8, 4) is 0 Å². The van der Waals surface area contributed by atoms with Gasteiger partial charge in [-0.25, -0.2) is 4.98 Å². The molecule has 1 aromatic carbocycles. The minimum atomic E-state index is -0.474. The van der Waals surface area contributed by atoms with Crippen molar-refractivity contribution < 1.29 is 5.11 Å². The average Bonchev–Trinajstić information content (AvgIpc) is 2.38. The quantitative estimate of drug-likeness (QED) is 0.849. The third kappa shape index (κ3) is 3.12. The fourth-order valence-corrected chi connectivity index (χ4v) is 2.92. The molecule has 0 saturated carbocycles. The van der Waals surface area contributed by atoms with Gasteiger partial charge in [0.1, 0.15) is 5.03 Å². The number of aliphatic hydroxyl groups is 1. The van der Waals surface area contributed by atoms with Gasteiger partial charge in [0.25, 0.3) is 0 Å². The lowest BCUT2D eigenvalue weighted by molar-refractivity contribution is 0.195. The number of thioether (sulfide) groups is 1. The zero-order valence-corrected chi connectivity index (χ0v) is 11.4. The molecule has 0 amide bonds. The van der Waals surface area contributed by atoms with E-state index >= 15 is 0 Å². The van der Waals surface area contributed by atoms with E-state index in [2.05, 4.69) is 30.1 Å². The van der Waals surface area contributed by atoms with Crippen molar-refractivity contribution in [2.75, 3.05) is 0 Å². The molecule has 0 aliphatic carbocycles. The first-order valence-electron chi connectivity index (χ1n) is 5.99. The van der Waals surface area contributed by atoms with Crippen LogP contribution in [0.15, 0.2) is 47.6 Å². The zero-order chi connectivity index (χ0) is 13.0. The zero-order valence-electron chi connectivity index (χ0n) is 10.6. The second-order valence-corrected chi connectivity index (χ2v) is 5.25. The van der Waals surface area contributed by atoms with E-state index in [4.69, 9.17) is 0 Å². The maximum atomic E-state index is 9.70. The number of aliphatic hydroxyl groups excluding tert-OH is 1. The number of aryl methyl sites for hydroxylation is 1. The summed E-state index contributed by atoms with van der Waals surface area (Å²) in [6.45, 7) is 3.89. The molecule has 2 nitrogen and oxygen atoms in total. The smallest absolute Gasteiger partial charge is 0.102 e. The fourth-order valence-electron chi connectivity index (χ4n) is 1.76. The summed E-state index contributed by atoms with van der Waals surface area (Å²) in [7, 11) is 0. The Bertz CT molecular complexity index is 525. The number of rotatable bonds is 4. The predicted octanol–water partition coefficient (Wildman–Crippen LogP) is 3.74. The summed E-state index contributed by atoms with van der Waals surface area (Å²) in [4.78, 5) is 4.35. The number of aromatic nitrogens is 1. The molecule has 0 aliphatic rings. The van der Waals surface area contributed by atoms with E-state index in [9.17, 15) is 5.11 Å². The first kappa shape index (κ1) is 13.1. The maximum absolute atomic E-state index is 9.70. The minimum absolute atomic E-state index is 0.474. The van der Waals surface area contributed by atoms with E-state index in [1.807, 2.05) is 18.2 Å². The van der Waals surface area contributed by atoms with Crippen molar-refractivity contribution >= 4 is 11.8 Å². The fraction of sp³-hybridized carbons (Fsp3) is 0.267. The lowest BCUT2D eigenvalue weighted by Crippen LogP contribution is -1.96. The Labute approximate surface area is 112 Å². The molecule has 0 radical (unpaired) electrons. The summed E-state index contributed by atoms with van der Waals surface area (Å²) in [6, 6.07) is 12.1. The third-order valence-electron chi connectivity index (χ3n) is 2.88. The minimum Gasteiger partial charge on any atom is -0.389 e. The Morgan fingerprint density at radius 1 is 1.22 bits per heavy atom. The van der Waals surface area contributed by atoms with Gasteiger partial charge in [-0.15, -0.1) is 11.8 Å². The second kappa shape index (κ2) is 6.03. The van der Waals surface area contributed by atoms with Gasteiger partial charge in [-0.3, -0.25) is 0 Å². The van der Waals surface area contributed by atoms with Crippen LogP contribution in [0.1, 0.15) is 29.7 Å². The SMILES string of the molecule is Cc1ccccc1CSc1ncccc1[C@@H](C)O. The number of benzene rings is 1. The van der Waals surface area contributed by atoms with Crippen molar-refractivity contribution in [2.45, 2.75) is 30.7 Å². The number of pyridine rings is 1. The van der Waals surface area contributed by atoms with Crippen molar-refractivity contribution in [1.82, 2.24) is 4.98 Å². The molecule has 0 aliphatic heterocycles. The molecule has 1 atom stereocenters. The highest BCUT2D eigenvalue weighted by molar-refractivity contribution is 7.98. The van der Waals surface area contributed by atoms with Gasteiger partial charge < -0.3 is 5.11 Å². The Morgan fingerprint density at radius 3 is 2.72 bits per heavy atom. The molecule has 0 saturated heterocycles. The molecular formula is C15H17NOS. The topological polar surface area (TPSA) is 33.1 Å². The molecule has 1 N–H and O–H groups in total. The number of nitrogens with zero attached hydrogens (tertiary/aromatic N) is 1. The molecule has 0 fully saturated rings. The van der Waals surface area contributed by atoms with E-state index in [0.717, 1.165) is 16.3 Å². The summed E-state index contributed by atoms with van der Waals surface area (Å²) in [5.41, 5.74) is 3.50. The molecule has 1 heterocycles. The van der Waals surface area contributed by atoms with Crippen molar-refractivity contribution in [3.63, 3.8) is 0 Å². The van der Waals surface area contributed by atoms with Gasteiger partial charge >= 0.3 is 0 Å². The van der Waals surface area contributed by atoms with Crippen LogP contribution in [-0.4, -0.2) is 10.1 Å². The Morgan fingerprint density at radius 2 is 2.00 bits per heavy atom. The molecular weight excluding hydrogens is 242 g/mol. The summed E-state index contributed by atoms with van der Waals surface area (Å²) < 4.78 is 0. The molecule has 0 bridgehead atoms. The van der Waals surface area contributed by atoms with E-state index in [-0.39, 0.29) is 0 Å². The van der Waals surface area contributed by atoms with Gasteiger partial charge in [-0.2, -0.15) is 0 Å². The number of hydrogen-bond acceptors (Lipinski definition) is 3. The molecule has 94 valence electrons. The molecule has 18 heavy (non-hydrogen) atoms. The van der Waals surface area contributed by atoms with Gasteiger partial charge in [0, 0.05) is 17.5 Å². The molecule has 2 aromatic rings. The molecule has 1 aromatic heterocycles. The summed E-state index contributed by atoms with van der Waals surface area (Å²) in [5, 5.41) is 10.6. The van der Waals surface area contributed by atoms with E-state index in [1.54, 1.807) is 24.9 Å². The molecule has 0 unspecified atom stereocenters. The third-order valence-corrected chi connectivity index (χ3v) is 3.95. The van der Waals surface area contributed by atoms with Crippen LogP contribution in [0.4, 0.5) is 0 Å². The first-order valence-corrected chi connectivity index (χ1v) is 6.97. The monoisotopic (exact) mass is 259 g/mol. The van der Waals surface area contributed by atoms with E-state index in [0.29, 0.717) is 0 Å². The number of hydrogen-bond donors (Lipinski definition) is 1. The maximum Gasteiger partial charge on any atom is 0.102 e. The highest BCUT2D eigenvalue weighted by atomic mass is 32.2. The largest absolute Gasteiger partial charge is 0.389 e. The van der Waals surface area contributed by atoms with Gasteiger partial charge in [-0.05, 0) is 31.0 Å². The highest BCUT2D eigenvalue weighted by Crippen LogP contribution is 2.28. The van der Waals surface area contributed by atoms with E-state index in [1.165, 1.54) is 11.1 Å². The Balaban J connectivity index is 2.14. The van der Waals surface area contributed by atoms with Crippen LogP contribution in [0.5, 0.6) is 0 Å². The summed E-state index contributed by atoms with van der Waals surface area (Å²) >= 11 is 1.67. The highest BCUT2D eigenvalue weighted by Gasteiger charge is 2.09. The second-order valence-electron chi connectivity index (χ2n) is 4.29. The standard InChI is InChI=1S/C15H17NOS/c1-11-6-3-4-7-13(11)10-18-15-14(12(2)17)8-5-9-16-15/h3-9,12,17H,10H2,1-2H3/t12-/m1/s1. The van der Waals surface area contributed by atoms with E-state index < -0.39 is 6.10 Å². The molecule has 2 rings (SSSR count). The Hall–Kier alpha value is -1.32. The first-order chi connectivity index (χ1) is 8.68. The normalized spacial score (nSPS) is 12.4. The van der Waals surface area contributed by atoms with Crippen molar-refractivity contribution in [3.05, 3.63) is 59.3 Å². The van der Waals surface area contributed by atoms with Gasteiger partial charge in [0.15, 0.2) is 0 Å². The summed E-state index contributed by atoms with van der Waals surface area (Å²) in [6.07, 6.45) is 1.30. The van der Waals surface area contributed by atoms with Gasteiger partial charge in [0.2, 0.25) is 0 Å². The van der Waals surface area contributed by atoms with Gasteiger partial charge in [0.05, 0.1) is 6.10 Å². The van der Waals surface area contributed by atoms with Gasteiger partial charge in [-0.1, -0.05) is 30.3 Å². The van der Waals surface area contributed by atoms with Crippen molar-refractivity contribution in [1.29, 1.82) is 0 Å². The van der Waals surface area contributed by atoms with Crippen LogP contribution in [-0.2, 0) is 5.75 Å². The van der Waals surface area contributed by atoms with Crippen LogP contribution in [0.3, 0.4) is 0 Å². The lowest BCUT2D eigenvalue weighted by Gasteiger charge is -2.10. The Kier molecular flexibility index (Phi) is 4.39. The van der Waals surface area contributed by atoms with Crippen LogP contribution in [0, 0.1) is 6.92 Å². The van der Waals surface area contributed by atoms with Crippen LogP contribution >= 0.6 is 11.8 Å². The van der Waals surface area contributed by atoms with Crippen LogP contribution in [0.2, 0.25) is 0 Å². The molecule has 0 spiro atoms. The summed E-state index contributed by atoms with van der Waals surface area (Å²) in [5.74, 6) is 0.878. The predicted molar refractivity (Wildman–Crippen MR) is 75.6 cm³/mol. The average molecular weight is 259 g/mol. The lowest BCUT2D eigenvalue weighted by atomic mass is 10.1. The van der Waals surface area contributed by atoms with Crippen LogP contribution in [0.25, 0.3) is 0 Å². The molecule has 3 heteroatoms. The van der Waals surface area contributed by atoms with Crippen LogP contribution < -0.4 is 0 Å². The van der Waals surface area contributed by atoms with Crippen molar-refractivity contribution in [2.24, 2.45) is 0 Å².